The van der Waals surface area contributed by atoms with E-state index in [1.54, 1.807) is 19.1 Å². The van der Waals surface area contributed by atoms with Gasteiger partial charge in [0.05, 0.1) is 12.3 Å². The average Bonchev–Trinajstić information content (AvgIpc) is 3.21. The maximum Gasteiger partial charge on any atom is 0.331 e. The number of rotatable bonds is 6. The number of hydrogen-bond donors (Lipinski definition) is 1. The van der Waals surface area contributed by atoms with E-state index in [1.165, 1.54) is 18.4 Å². The van der Waals surface area contributed by atoms with Crippen LogP contribution in [-0.2, 0) is 14.3 Å². The summed E-state index contributed by atoms with van der Waals surface area (Å²) in [5.74, 6) is -0.430. The van der Waals surface area contributed by atoms with Crippen LogP contribution >= 0.6 is 0 Å². The number of hydrogen-bond acceptors (Lipinski definition) is 5. The average molecular weight is 288 g/mol. The van der Waals surface area contributed by atoms with Crippen LogP contribution in [0.4, 0.5) is 0 Å². The molecule has 110 valence electrons. The zero-order valence-corrected chi connectivity index (χ0v) is 11.7. The van der Waals surface area contributed by atoms with Gasteiger partial charge in [-0.3, -0.25) is 4.79 Å². The molecule has 0 aliphatic heterocycles. The molecule has 0 unspecified atom stereocenters. The van der Waals surface area contributed by atoms with Crippen molar-refractivity contribution in [3.63, 3.8) is 0 Å². The van der Waals surface area contributed by atoms with Crippen LogP contribution in [0.25, 0.3) is 6.08 Å². The van der Waals surface area contributed by atoms with Crippen molar-refractivity contribution in [1.29, 1.82) is 5.26 Å². The van der Waals surface area contributed by atoms with Crippen molar-refractivity contribution in [2.24, 2.45) is 5.92 Å². The van der Waals surface area contributed by atoms with Crippen LogP contribution in [0, 0.1) is 17.2 Å². The van der Waals surface area contributed by atoms with E-state index in [0.29, 0.717) is 5.76 Å². The Morgan fingerprint density at radius 2 is 2.38 bits per heavy atom. The molecule has 1 aromatic heterocycles. The Hall–Kier alpha value is -2.55. The number of nitriles is 1. The Kier molecular flexibility index (Phi) is 4.43. The number of amides is 1. The number of nitrogens with zero attached hydrogens (tertiary/aromatic N) is 1. The summed E-state index contributed by atoms with van der Waals surface area (Å²) in [6, 6.07) is 5.48. The highest BCUT2D eigenvalue weighted by molar-refractivity contribution is 5.89. The van der Waals surface area contributed by atoms with Crippen LogP contribution in [0.2, 0.25) is 0 Å². The van der Waals surface area contributed by atoms with Crippen LogP contribution in [0.5, 0.6) is 0 Å². The fraction of sp³-hybridized carbons (Fsp3) is 0.400. The summed E-state index contributed by atoms with van der Waals surface area (Å²) in [7, 11) is 0. The molecule has 6 nitrogen and oxygen atoms in total. The summed E-state index contributed by atoms with van der Waals surface area (Å²) in [6.07, 6.45) is 5.96. The largest absolute Gasteiger partial charge is 0.465 e. The summed E-state index contributed by atoms with van der Waals surface area (Å²) < 4.78 is 9.82. The lowest BCUT2D eigenvalue weighted by Gasteiger charge is -2.22. The Balaban J connectivity index is 1.76. The van der Waals surface area contributed by atoms with Crippen molar-refractivity contribution in [2.75, 3.05) is 6.61 Å². The van der Waals surface area contributed by atoms with E-state index in [-0.39, 0.29) is 5.92 Å². The van der Waals surface area contributed by atoms with E-state index in [2.05, 4.69) is 11.4 Å². The van der Waals surface area contributed by atoms with Gasteiger partial charge in [0, 0.05) is 6.08 Å². The zero-order valence-electron chi connectivity index (χ0n) is 11.7. The predicted molar refractivity (Wildman–Crippen MR) is 73.6 cm³/mol. The minimum Gasteiger partial charge on any atom is -0.465 e. The monoisotopic (exact) mass is 288 g/mol. The summed E-state index contributed by atoms with van der Waals surface area (Å²) in [4.78, 5) is 23.1. The molecule has 1 N–H and O–H groups in total. The summed E-state index contributed by atoms with van der Waals surface area (Å²) in [5, 5.41) is 11.7. The van der Waals surface area contributed by atoms with Crippen LogP contribution < -0.4 is 5.32 Å². The van der Waals surface area contributed by atoms with Crippen molar-refractivity contribution >= 4 is 18.0 Å². The smallest absolute Gasteiger partial charge is 0.331 e. The van der Waals surface area contributed by atoms with Crippen molar-refractivity contribution in [3.05, 3.63) is 30.2 Å². The van der Waals surface area contributed by atoms with Gasteiger partial charge in [0.1, 0.15) is 11.3 Å². The van der Waals surface area contributed by atoms with Gasteiger partial charge in [-0.05, 0) is 43.9 Å². The normalized spacial score (nSPS) is 17.0. The third-order valence-electron chi connectivity index (χ3n) is 3.30. The quantitative estimate of drug-likeness (QED) is 0.634. The third kappa shape index (κ3) is 4.21. The molecule has 21 heavy (non-hydrogen) atoms. The first-order valence-corrected chi connectivity index (χ1v) is 6.64. The number of esters is 1. The number of carbonyl (C=O) groups is 2. The maximum atomic E-state index is 11.7. The van der Waals surface area contributed by atoms with Gasteiger partial charge in [-0.25, -0.2) is 4.79 Å². The SMILES string of the molecule is C[C@](C#N)(NC(=O)COC(=O)/C=C/c1ccco1)C1CC1. The van der Waals surface area contributed by atoms with Gasteiger partial charge in [-0.15, -0.1) is 0 Å². The Labute approximate surface area is 122 Å². The second-order valence-corrected chi connectivity index (χ2v) is 5.09. The van der Waals surface area contributed by atoms with Crippen LogP contribution in [0.15, 0.2) is 28.9 Å². The van der Waals surface area contributed by atoms with Gasteiger partial charge in [-0.1, -0.05) is 0 Å². The fourth-order valence-corrected chi connectivity index (χ4v) is 1.93. The predicted octanol–water partition coefficient (Wildman–Crippen LogP) is 1.64. The Morgan fingerprint density at radius 3 is 2.95 bits per heavy atom. The van der Waals surface area contributed by atoms with E-state index in [9.17, 15) is 9.59 Å². The molecule has 1 aromatic rings. The van der Waals surface area contributed by atoms with E-state index < -0.39 is 24.0 Å². The Bertz CT molecular complexity index is 581. The first-order chi connectivity index (χ1) is 10.0. The maximum absolute atomic E-state index is 11.7. The lowest BCUT2D eigenvalue weighted by molar-refractivity contribution is -0.144. The topological polar surface area (TPSA) is 92.3 Å². The van der Waals surface area contributed by atoms with E-state index in [1.807, 2.05) is 0 Å². The second kappa shape index (κ2) is 6.27. The molecule has 1 fully saturated rings. The summed E-state index contributed by atoms with van der Waals surface area (Å²) in [5.41, 5.74) is -0.881. The zero-order chi connectivity index (χ0) is 15.3. The molecule has 0 radical (unpaired) electrons. The van der Waals surface area contributed by atoms with Crippen molar-refractivity contribution < 1.29 is 18.7 Å². The molecular weight excluding hydrogens is 272 g/mol. The lowest BCUT2D eigenvalue weighted by atomic mass is 9.98. The molecule has 1 heterocycles. The van der Waals surface area contributed by atoms with E-state index in [0.717, 1.165) is 12.8 Å². The van der Waals surface area contributed by atoms with Gasteiger partial charge in [-0.2, -0.15) is 5.26 Å². The van der Waals surface area contributed by atoms with Gasteiger partial charge in [0.2, 0.25) is 0 Å². The van der Waals surface area contributed by atoms with Gasteiger partial charge in [0.25, 0.3) is 5.91 Å². The Morgan fingerprint density at radius 1 is 1.62 bits per heavy atom. The second-order valence-electron chi connectivity index (χ2n) is 5.09. The third-order valence-corrected chi connectivity index (χ3v) is 3.30. The minimum atomic E-state index is -0.881. The van der Waals surface area contributed by atoms with Gasteiger partial charge < -0.3 is 14.5 Å². The first kappa shape index (κ1) is 14.9. The molecule has 1 aliphatic carbocycles. The van der Waals surface area contributed by atoms with E-state index >= 15 is 0 Å². The van der Waals surface area contributed by atoms with Crippen LogP contribution in [0.3, 0.4) is 0 Å². The standard InChI is InChI=1S/C15H16N2O4/c1-15(10-16,11-4-5-11)17-13(18)9-21-14(19)7-6-12-3-2-8-20-12/h2-3,6-8,11H,4-5,9H2,1H3,(H,17,18)/b7-6+/t15-/m1/s1. The molecule has 1 atom stereocenters. The molecular formula is C15H16N2O4. The number of ether oxygens (including phenoxy) is 1. The number of nitrogens with one attached hydrogen (secondary N) is 1. The molecule has 0 aromatic carbocycles. The molecule has 2 rings (SSSR count). The minimum absolute atomic E-state index is 0.181. The fourth-order valence-electron chi connectivity index (χ4n) is 1.93. The molecule has 0 spiro atoms. The van der Waals surface area contributed by atoms with Crippen molar-refractivity contribution in [2.45, 2.75) is 25.3 Å². The highest BCUT2D eigenvalue weighted by Gasteiger charge is 2.43. The van der Waals surface area contributed by atoms with Crippen LogP contribution in [0.1, 0.15) is 25.5 Å². The molecule has 6 heteroatoms. The van der Waals surface area contributed by atoms with E-state index in [4.69, 9.17) is 14.4 Å². The molecule has 1 amide bonds. The number of furan rings is 1. The van der Waals surface area contributed by atoms with Gasteiger partial charge in [0.15, 0.2) is 6.61 Å². The van der Waals surface area contributed by atoms with Gasteiger partial charge >= 0.3 is 5.97 Å². The molecule has 1 saturated carbocycles. The highest BCUT2D eigenvalue weighted by Crippen LogP contribution is 2.39. The van der Waals surface area contributed by atoms with Crippen molar-refractivity contribution in [1.82, 2.24) is 5.32 Å². The highest BCUT2D eigenvalue weighted by atomic mass is 16.5. The lowest BCUT2D eigenvalue weighted by Crippen LogP contribution is -2.48. The molecule has 0 bridgehead atoms. The molecule has 0 saturated heterocycles. The number of carbonyl (C=O) groups excluding carboxylic acids is 2. The van der Waals surface area contributed by atoms with Crippen LogP contribution in [-0.4, -0.2) is 24.0 Å². The summed E-state index contributed by atoms with van der Waals surface area (Å²) in [6.45, 7) is 1.27. The molecule has 1 aliphatic rings. The summed E-state index contributed by atoms with van der Waals surface area (Å²) >= 11 is 0. The van der Waals surface area contributed by atoms with Crippen molar-refractivity contribution in [3.8, 4) is 6.07 Å². The first-order valence-electron chi connectivity index (χ1n) is 6.64.